The SMILES string of the molecule is O=C(O)c1ccc(OCCCN2CC[C@H]3C[C@H]32)cc1. The lowest BCUT2D eigenvalue weighted by Gasteiger charge is -2.17. The minimum atomic E-state index is -0.903. The minimum Gasteiger partial charge on any atom is -0.494 e. The molecule has 1 saturated heterocycles. The van der Waals surface area contributed by atoms with Crippen molar-refractivity contribution in [3.63, 3.8) is 0 Å². The fourth-order valence-corrected chi connectivity index (χ4v) is 2.92. The third kappa shape index (κ3) is 2.89. The van der Waals surface area contributed by atoms with Crippen molar-refractivity contribution in [2.75, 3.05) is 19.7 Å². The number of aromatic carboxylic acids is 1. The lowest BCUT2D eigenvalue weighted by Crippen LogP contribution is -2.25. The molecule has 102 valence electrons. The molecule has 1 aromatic rings. The Hall–Kier alpha value is -1.55. The molecule has 2 fully saturated rings. The number of piperidine rings is 1. The number of nitrogens with zero attached hydrogens (tertiary/aromatic N) is 1. The summed E-state index contributed by atoms with van der Waals surface area (Å²) in [6.45, 7) is 3.07. The predicted molar refractivity (Wildman–Crippen MR) is 71.6 cm³/mol. The molecule has 0 aromatic heterocycles. The van der Waals surface area contributed by atoms with E-state index in [4.69, 9.17) is 9.84 Å². The van der Waals surface area contributed by atoms with Gasteiger partial charge in [-0.05, 0) is 56.0 Å². The first kappa shape index (κ1) is 12.5. The number of carboxylic acids is 1. The van der Waals surface area contributed by atoms with Crippen LogP contribution in [0.3, 0.4) is 0 Å². The van der Waals surface area contributed by atoms with E-state index in [1.165, 1.54) is 19.4 Å². The lowest BCUT2D eigenvalue weighted by atomic mass is 10.2. The van der Waals surface area contributed by atoms with E-state index in [1.54, 1.807) is 24.3 Å². The summed E-state index contributed by atoms with van der Waals surface area (Å²) in [5.41, 5.74) is 0.296. The third-order valence-corrected chi connectivity index (χ3v) is 4.10. The van der Waals surface area contributed by atoms with Gasteiger partial charge in [-0.25, -0.2) is 4.79 Å². The zero-order chi connectivity index (χ0) is 13.2. The fourth-order valence-electron chi connectivity index (χ4n) is 2.92. The highest BCUT2D eigenvalue weighted by atomic mass is 16.5. The number of hydrogen-bond acceptors (Lipinski definition) is 3. The Balaban J connectivity index is 1.38. The average molecular weight is 261 g/mol. The standard InChI is InChI=1S/C15H19NO3/c17-15(18)11-2-4-13(5-3-11)19-9-1-7-16-8-6-12-10-14(12)16/h2-5,12,14H,1,6-10H2,(H,17,18)/t12-,14+/m0/s1. The van der Waals surface area contributed by atoms with E-state index < -0.39 is 5.97 Å². The summed E-state index contributed by atoms with van der Waals surface area (Å²) in [5.74, 6) is 0.833. The van der Waals surface area contributed by atoms with E-state index in [0.29, 0.717) is 12.2 Å². The maximum Gasteiger partial charge on any atom is 0.335 e. The second-order valence-corrected chi connectivity index (χ2v) is 5.42. The average Bonchev–Trinajstić information content (AvgIpc) is 3.09. The Labute approximate surface area is 113 Å². The summed E-state index contributed by atoms with van der Waals surface area (Å²) >= 11 is 0. The van der Waals surface area contributed by atoms with Crippen LogP contribution in [-0.4, -0.2) is 41.7 Å². The van der Waals surface area contributed by atoms with Gasteiger partial charge in [0.15, 0.2) is 0 Å². The summed E-state index contributed by atoms with van der Waals surface area (Å²) in [5, 5.41) is 8.79. The van der Waals surface area contributed by atoms with Crippen molar-refractivity contribution in [3.05, 3.63) is 29.8 Å². The van der Waals surface area contributed by atoms with E-state index in [0.717, 1.165) is 30.7 Å². The largest absolute Gasteiger partial charge is 0.494 e. The maximum absolute atomic E-state index is 10.7. The molecule has 19 heavy (non-hydrogen) atoms. The highest BCUT2D eigenvalue weighted by molar-refractivity contribution is 5.87. The van der Waals surface area contributed by atoms with E-state index in [-0.39, 0.29) is 0 Å². The molecule has 1 aliphatic heterocycles. The number of fused-ring (bicyclic) bond motifs is 1. The number of benzene rings is 1. The number of likely N-dealkylation sites (tertiary alicyclic amines) is 1. The molecule has 1 saturated carbocycles. The van der Waals surface area contributed by atoms with Crippen molar-refractivity contribution in [1.82, 2.24) is 4.90 Å². The van der Waals surface area contributed by atoms with Gasteiger partial charge in [0.25, 0.3) is 0 Å². The smallest absolute Gasteiger partial charge is 0.335 e. The van der Waals surface area contributed by atoms with Gasteiger partial charge in [-0.2, -0.15) is 0 Å². The van der Waals surface area contributed by atoms with Crippen LogP contribution in [0.1, 0.15) is 29.6 Å². The molecule has 1 heterocycles. The van der Waals surface area contributed by atoms with Crippen LogP contribution in [0.5, 0.6) is 5.75 Å². The molecule has 3 rings (SSSR count). The zero-order valence-electron chi connectivity index (χ0n) is 10.9. The van der Waals surface area contributed by atoms with Crippen molar-refractivity contribution < 1.29 is 14.6 Å². The highest BCUT2D eigenvalue weighted by Gasteiger charge is 2.46. The topological polar surface area (TPSA) is 49.8 Å². The molecule has 2 aliphatic rings. The van der Waals surface area contributed by atoms with Crippen LogP contribution in [0.25, 0.3) is 0 Å². The molecule has 1 aliphatic carbocycles. The third-order valence-electron chi connectivity index (χ3n) is 4.10. The first-order valence-corrected chi connectivity index (χ1v) is 6.94. The molecule has 4 nitrogen and oxygen atoms in total. The number of hydrogen-bond donors (Lipinski definition) is 1. The summed E-state index contributed by atoms with van der Waals surface area (Å²) in [6.07, 6.45) is 3.81. The molecule has 2 atom stereocenters. The van der Waals surface area contributed by atoms with E-state index in [2.05, 4.69) is 4.90 Å². The van der Waals surface area contributed by atoms with Gasteiger partial charge in [-0.1, -0.05) is 0 Å². The second kappa shape index (κ2) is 5.21. The van der Waals surface area contributed by atoms with Gasteiger partial charge < -0.3 is 9.84 Å². The van der Waals surface area contributed by atoms with Gasteiger partial charge in [0.1, 0.15) is 5.75 Å². The van der Waals surface area contributed by atoms with Crippen molar-refractivity contribution in [2.24, 2.45) is 5.92 Å². The number of carboxylic acid groups (broad SMARTS) is 1. The molecule has 4 heteroatoms. The molecular formula is C15H19NO3. The second-order valence-electron chi connectivity index (χ2n) is 5.42. The lowest BCUT2D eigenvalue weighted by molar-refractivity contribution is 0.0697. The normalized spacial score (nSPS) is 25.1. The molecule has 1 aromatic carbocycles. The van der Waals surface area contributed by atoms with Gasteiger partial charge in [0.05, 0.1) is 12.2 Å². The van der Waals surface area contributed by atoms with Crippen LogP contribution in [0.15, 0.2) is 24.3 Å². The zero-order valence-corrected chi connectivity index (χ0v) is 10.9. The van der Waals surface area contributed by atoms with Gasteiger partial charge >= 0.3 is 5.97 Å². The summed E-state index contributed by atoms with van der Waals surface area (Å²) in [6, 6.07) is 7.46. The molecule has 0 radical (unpaired) electrons. The van der Waals surface area contributed by atoms with Crippen LogP contribution >= 0.6 is 0 Å². The Morgan fingerprint density at radius 3 is 2.74 bits per heavy atom. The monoisotopic (exact) mass is 261 g/mol. The molecular weight excluding hydrogens is 242 g/mol. The first-order chi connectivity index (χ1) is 9.24. The van der Waals surface area contributed by atoms with E-state index in [1.807, 2.05) is 0 Å². The van der Waals surface area contributed by atoms with Gasteiger partial charge in [-0.15, -0.1) is 0 Å². The number of carbonyl (C=O) groups is 1. The molecule has 0 spiro atoms. The molecule has 1 N–H and O–H groups in total. The summed E-state index contributed by atoms with van der Waals surface area (Å²) in [7, 11) is 0. The minimum absolute atomic E-state index is 0.296. The first-order valence-electron chi connectivity index (χ1n) is 6.94. The van der Waals surface area contributed by atoms with E-state index in [9.17, 15) is 4.79 Å². The summed E-state index contributed by atoms with van der Waals surface area (Å²) in [4.78, 5) is 13.3. The highest BCUT2D eigenvalue weighted by Crippen LogP contribution is 2.44. The van der Waals surface area contributed by atoms with E-state index >= 15 is 0 Å². The Morgan fingerprint density at radius 2 is 2.16 bits per heavy atom. The maximum atomic E-state index is 10.7. The molecule has 0 amide bonds. The predicted octanol–water partition coefficient (Wildman–Crippen LogP) is 2.25. The van der Waals surface area contributed by atoms with Gasteiger partial charge in [0, 0.05) is 12.6 Å². The van der Waals surface area contributed by atoms with Crippen molar-refractivity contribution >= 4 is 5.97 Å². The van der Waals surface area contributed by atoms with Crippen LogP contribution in [-0.2, 0) is 0 Å². The van der Waals surface area contributed by atoms with Crippen molar-refractivity contribution in [1.29, 1.82) is 0 Å². The Bertz CT molecular complexity index is 457. The number of rotatable bonds is 6. The van der Waals surface area contributed by atoms with Gasteiger partial charge in [-0.3, -0.25) is 4.90 Å². The quantitative estimate of drug-likeness (QED) is 0.798. The Morgan fingerprint density at radius 1 is 1.37 bits per heavy atom. The molecule has 0 bridgehead atoms. The van der Waals surface area contributed by atoms with Crippen LogP contribution in [0, 0.1) is 5.92 Å². The van der Waals surface area contributed by atoms with Crippen LogP contribution < -0.4 is 4.74 Å². The fraction of sp³-hybridized carbons (Fsp3) is 0.533. The van der Waals surface area contributed by atoms with Crippen molar-refractivity contribution in [3.8, 4) is 5.75 Å². The molecule has 0 unspecified atom stereocenters. The van der Waals surface area contributed by atoms with Crippen LogP contribution in [0.4, 0.5) is 0 Å². The summed E-state index contributed by atoms with van der Waals surface area (Å²) < 4.78 is 5.63. The van der Waals surface area contributed by atoms with Crippen molar-refractivity contribution in [2.45, 2.75) is 25.3 Å². The number of ether oxygens (including phenoxy) is 1. The Kier molecular flexibility index (Phi) is 3.42. The van der Waals surface area contributed by atoms with Crippen LogP contribution in [0.2, 0.25) is 0 Å². The van der Waals surface area contributed by atoms with Gasteiger partial charge in [0.2, 0.25) is 0 Å².